The van der Waals surface area contributed by atoms with E-state index in [1.165, 1.54) is 17.0 Å². The van der Waals surface area contributed by atoms with Crippen LogP contribution in [0.4, 0.5) is 5.69 Å². The van der Waals surface area contributed by atoms with E-state index >= 15 is 0 Å². The van der Waals surface area contributed by atoms with E-state index in [1.54, 1.807) is 30.3 Å². The van der Waals surface area contributed by atoms with Gasteiger partial charge in [0.1, 0.15) is 16.7 Å². The third kappa shape index (κ3) is 8.63. The quantitative estimate of drug-likeness (QED) is 0.178. The van der Waals surface area contributed by atoms with E-state index in [2.05, 4.69) is 10.2 Å². The average Bonchev–Trinajstić information content (AvgIpc) is 3.29. The van der Waals surface area contributed by atoms with Gasteiger partial charge < -0.3 is 19.9 Å². The standard InChI is InChI=1S/C32H29Cl2N3O6S2/c33-25-6-4-21(18-26(25)34)20-5-7-27(43-15-12-36-10-13-42-14-11-36)23(16-20)19-28-30(39)37(32(44)45-28)9-8-29(38)35-24-3-1-2-22(17-24)31(40)41/h1-7,16-19H,8-15H2,(H,35,38)(H,40,41)/b28-19-. The molecule has 2 heterocycles. The van der Waals surface area contributed by atoms with Gasteiger partial charge in [0.2, 0.25) is 5.91 Å². The Hall–Kier alpha value is -3.45. The molecule has 13 heteroatoms. The fourth-order valence-electron chi connectivity index (χ4n) is 4.76. The van der Waals surface area contributed by atoms with Crippen molar-refractivity contribution in [2.75, 3.05) is 51.3 Å². The van der Waals surface area contributed by atoms with Crippen LogP contribution in [0.2, 0.25) is 10.0 Å². The number of amides is 2. The van der Waals surface area contributed by atoms with E-state index < -0.39 is 5.97 Å². The maximum atomic E-state index is 13.4. The molecule has 0 spiro atoms. The van der Waals surface area contributed by atoms with Gasteiger partial charge in [-0.3, -0.25) is 19.4 Å². The van der Waals surface area contributed by atoms with Crippen molar-refractivity contribution in [1.29, 1.82) is 0 Å². The zero-order chi connectivity index (χ0) is 31.9. The van der Waals surface area contributed by atoms with Gasteiger partial charge in [0.05, 0.1) is 33.7 Å². The number of nitrogens with one attached hydrogen (secondary N) is 1. The van der Waals surface area contributed by atoms with Gasteiger partial charge in [-0.2, -0.15) is 0 Å². The number of carboxylic acid groups (broad SMARTS) is 1. The Balaban J connectivity index is 1.31. The number of benzene rings is 3. The summed E-state index contributed by atoms with van der Waals surface area (Å²) in [6.45, 7) is 4.36. The minimum atomic E-state index is -1.09. The number of hydrogen-bond acceptors (Lipinski definition) is 8. The lowest BCUT2D eigenvalue weighted by Gasteiger charge is -2.26. The predicted molar refractivity (Wildman–Crippen MR) is 181 cm³/mol. The van der Waals surface area contributed by atoms with Crippen molar-refractivity contribution in [3.05, 3.63) is 86.7 Å². The number of ether oxygens (including phenoxy) is 2. The van der Waals surface area contributed by atoms with Crippen molar-refractivity contribution in [2.24, 2.45) is 0 Å². The van der Waals surface area contributed by atoms with Crippen molar-refractivity contribution >= 4 is 81.0 Å². The Morgan fingerprint density at radius 3 is 2.53 bits per heavy atom. The molecule has 3 aromatic rings. The highest BCUT2D eigenvalue weighted by Gasteiger charge is 2.32. The summed E-state index contributed by atoms with van der Waals surface area (Å²) < 4.78 is 12.0. The number of aromatic carboxylic acids is 1. The summed E-state index contributed by atoms with van der Waals surface area (Å²) in [5, 5.41) is 12.7. The first-order valence-electron chi connectivity index (χ1n) is 14.1. The molecule has 2 aliphatic rings. The topological polar surface area (TPSA) is 108 Å². The highest BCUT2D eigenvalue weighted by molar-refractivity contribution is 8.26. The second kappa shape index (κ2) is 15.2. The largest absolute Gasteiger partial charge is 0.492 e. The van der Waals surface area contributed by atoms with Crippen LogP contribution in [0.1, 0.15) is 22.3 Å². The molecule has 0 unspecified atom stereocenters. The molecule has 3 aromatic carbocycles. The number of thioether (sulfide) groups is 1. The molecule has 5 rings (SSSR count). The first-order chi connectivity index (χ1) is 21.7. The Bertz CT molecular complexity index is 1660. The summed E-state index contributed by atoms with van der Waals surface area (Å²) in [4.78, 5) is 41.3. The summed E-state index contributed by atoms with van der Waals surface area (Å²) in [5.74, 6) is -1.17. The molecule has 234 valence electrons. The number of thiocarbonyl (C=S) groups is 1. The molecule has 0 saturated carbocycles. The maximum absolute atomic E-state index is 13.4. The van der Waals surface area contributed by atoms with Gasteiger partial charge >= 0.3 is 5.97 Å². The number of morpholine rings is 1. The number of anilines is 1. The lowest BCUT2D eigenvalue weighted by Crippen LogP contribution is -2.38. The van der Waals surface area contributed by atoms with Gasteiger partial charge in [0.15, 0.2) is 0 Å². The molecule has 0 bridgehead atoms. The molecular formula is C32H29Cl2N3O6S2. The van der Waals surface area contributed by atoms with Gasteiger partial charge in [-0.25, -0.2) is 4.79 Å². The molecule has 2 N–H and O–H groups in total. The van der Waals surface area contributed by atoms with Gasteiger partial charge in [-0.05, 0) is 59.7 Å². The zero-order valence-electron chi connectivity index (χ0n) is 24.0. The SMILES string of the molecule is O=C(CCN1C(=O)/C(=C/c2cc(-c3ccc(Cl)c(Cl)c3)ccc2OCCN2CCOCC2)SC1=S)Nc1cccc(C(=O)O)c1. The molecule has 2 fully saturated rings. The van der Waals surface area contributed by atoms with Crippen LogP contribution >= 0.6 is 47.2 Å². The van der Waals surface area contributed by atoms with Crippen molar-refractivity contribution in [3.63, 3.8) is 0 Å². The summed E-state index contributed by atoms with van der Waals surface area (Å²) in [5.41, 5.74) is 2.82. The lowest BCUT2D eigenvalue weighted by atomic mass is 10.0. The van der Waals surface area contributed by atoms with Crippen molar-refractivity contribution < 1.29 is 29.0 Å². The molecule has 0 aromatic heterocycles. The molecule has 0 aliphatic carbocycles. The van der Waals surface area contributed by atoms with Crippen LogP contribution in [0.25, 0.3) is 17.2 Å². The molecule has 2 amide bonds. The van der Waals surface area contributed by atoms with Crippen LogP contribution in [-0.4, -0.2) is 83.0 Å². The predicted octanol–water partition coefficient (Wildman–Crippen LogP) is 6.30. The average molecular weight is 687 g/mol. The number of halogens is 2. The minimum Gasteiger partial charge on any atom is -0.492 e. The number of carbonyl (C=O) groups excluding carboxylic acids is 2. The molecule has 0 atom stereocenters. The van der Waals surface area contributed by atoms with Crippen LogP contribution in [0, 0.1) is 0 Å². The molecule has 9 nitrogen and oxygen atoms in total. The lowest BCUT2D eigenvalue weighted by molar-refractivity contribution is -0.122. The van der Waals surface area contributed by atoms with E-state index in [9.17, 15) is 19.5 Å². The smallest absolute Gasteiger partial charge is 0.335 e. The van der Waals surface area contributed by atoms with Gasteiger partial charge in [-0.15, -0.1) is 0 Å². The monoisotopic (exact) mass is 685 g/mol. The van der Waals surface area contributed by atoms with Crippen molar-refractivity contribution in [2.45, 2.75) is 6.42 Å². The minimum absolute atomic E-state index is 0.0280. The van der Waals surface area contributed by atoms with Crippen LogP contribution in [-0.2, 0) is 14.3 Å². The third-order valence-electron chi connectivity index (χ3n) is 7.15. The second-order valence-electron chi connectivity index (χ2n) is 10.2. The molecule has 2 saturated heterocycles. The molecule has 0 radical (unpaired) electrons. The van der Waals surface area contributed by atoms with Crippen molar-refractivity contribution in [3.8, 4) is 16.9 Å². The molecule has 2 aliphatic heterocycles. The molecular weight excluding hydrogens is 657 g/mol. The van der Waals surface area contributed by atoms with E-state index in [-0.39, 0.29) is 30.3 Å². The summed E-state index contributed by atoms with van der Waals surface area (Å²) in [7, 11) is 0. The number of carbonyl (C=O) groups is 3. The Morgan fingerprint density at radius 2 is 1.78 bits per heavy atom. The summed E-state index contributed by atoms with van der Waals surface area (Å²) in [6, 6.07) is 17.1. The Morgan fingerprint density at radius 1 is 1.02 bits per heavy atom. The number of rotatable bonds is 11. The maximum Gasteiger partial charge on any atom is 0.335 e. The Labute approximate surface area is 280 Å². The van der Waals surface area contributed by atoms with Crippen LogP contribution in [0.5, 0.6) is 5.75 Å². The first kappa shape index (κ1) is 32.9. The van der Waals surface area contributed by atoms with Gasteiger partial charge in [-0.1, -0.05) is 65.4 Å². The van der Waals surface area contributed by atoms with Crippen LogP contribution in [0.15, 0.2) is 65.6 Å². The highest BCUT2D eigenvalue weighted by Crippen LogP contribution is 2.37. The number of nitrogens with zero attached hydrogens (tertiary/aromatic N) is 2. The third-order valence-corrected chi connectivity index (χ3v) is 9.26. The molecule has 45 heavy (non-hydrogen) atoms. The van der Waals surface area contributed by atoms with E-state index in [1.807, 2.05) is 24.3 Å². The van der Waals surface area contributed by atoms with Gasteiger partial charge in [0, 0.05) is 43.9 Å². The number of hydrogen-bond donors (Lipinski definition) is 2. The fourth-order valence-corrected chi connectivity index (χ4v) is 6.36. The van der Waals surface area contributed by atoms with E-state index in [0.29, 0.717) is 56.1 Å². The van der Waals surface area contributed by atoms with Gasteiger partial charge in [0.25, 0.3) is 5.91 Å². The summed E-state index contributed by atoms with van der Waals surface area (Å²) in [6.07, 6.45) is 1.72. The summed E-state index contributed by atoms with van der Waals surface area (Å²) >= 11 is 19.1. The fraction of sp³-hybridized carbons (Fsp3) is 0.250. The second-order valence-corrected chi connectivity index (χ2v) is 12.7. The van der Waals surface area contributed by atoms with E-state index in [0.717, 1.165) is 42.5 Å². The van der Waals surface area contributed by atoms with Crippen LogP contribution in [0.3, 0.4) is 0 Å². The highest BCUT2D eigenvalue weighted by atomic mass is 35.5. The number of carboxylic acids is 1. The zero-order valence-corrected chi connectivity index (χ0v) is 27.1. The Kier molecular flexibility index (Phi) is 11.1. The first-order valence-corrected chi connectivity index (χ1v) is 16.1. The normalized spacial score (nSPS) is 16.3. The van der Waals surface area contributed by atoms with Crippen LogP contribution < -0.4 is 10.1 Å². The van der Waals surface area contributed by atoms with Crippen molar-refractivity contribution in [1.82, 2.24) is 9.80 Å². The van der Waals surface area contributed by atoms with E-state index in [4.69, 9.17) is 44.9 Å².